The van der Waals surface area contributed by atoms with Crippen LogP contribution < -0.4 is 5.46 Å². The second-order valence-electron chi connectivity index (χ2n) is 6.17. The van der Waals surface area contributed by atoms with Crippen molar-refractivity contribution in [2.24, 2.45) is 0 Å². The standard InChI is InChI=1S/C15H17BN2O2/c1-14(2)15(3,4)20-16(19-14)12-6-5-10(9-17)13-11(12)7-8-18-13/h5-8,18H,1-4H3. The highest BCUT2D eigenvalue weighted by molar-refractivity contribution is 6.65. The van der Waals surface area contributed by atoms with Gasteiger partial charge in [-0.3, -0.25) is 0 Å². The third-order valence-corrected chi connectivity index (χ3v) is 4.38. The molecule has 0 amide bonds. The Bertz CT molecular complexity index is 696. The molecule has 0 aliphatic carbocycles. The van der Waals surface area contributed by atoms with E-state index in [1.54, 1.807) is 6.07 Å². The Morgan fingerprint density at radius 2 is 1.75 bits per heavy atom. The lowest BCUT2D eigenvalue weighted by Crippen LogP contribution is -2.41. The molecule has 102 valence electrons. The SMILES string of the molecule is CC1(C)OB(c2ccc(C#N)c3[nH]ccc23)OC1(C)C. The Morgan fingerprint density at radius 1 is 1.10 bits per heavy atom. The Morgan fingerprint density at radius 3 is 2.35 bits per heavy atom. The van der Waals surface area contributed by atoms with Gasteiger partial charge in [0, 0.05) is 11.6 Å². The fourth-order valence-corrected chi connectivity index (χ4v) is 2.45. The summed E-state index contributed by atoms with van der Waals surface area (Å²) in [6, 6.07) is 7.87. The minimum absolute atomic E-state index is 0.367. The molecule has 5 heteroatoms. The number of H-pyrrole nitrogens is 1. The number of aromatic amines is 1. The van der Waals surface area contributed by atoms with E-state index in [1.165, 1.54) is 0 Å². The average molecular weight is 268 g/mol. The Kier molecular flexibility index (Phi) is 2.72. The molecular formula is C15H17BN2O2. The topological polar surface area (TPSA) is 58.0 Å². The number of hydrogen-bond acceptors (Lipinski definition) is 3. The molecule has 1 aliphatic rings. The summed E-state index contributed by atoms with van der Waals surface area (Å²) in [5, 5.41) is 10.1. The van der Waals surface area contributed by atoms with Gasteiger partial charge < -0.3 is 14.3 Å². The lowest BCUT2D eigenvalue weighted by molar-refractivity contribution is 0.00578. The number of benzene rings is 1. The van der Waals surface area contributed by atoms with Crippen molar-refractivity contribution >= 4 is 23.5 Å². The van der Waals surface area contributed by atoms with Gasteiger partial charge in [-0.05, 0) is 45.3 Å². The summed E-state index contributed by atoms with van der Waals surface area (Å²) in [7, 11) is -0.411. The van der Waals surface area contributed by atoms with Crippen LogP contribution in [0.4, 0.5) is 0 Å². The first-order chi connectivity index (χ1) is 9.36. The van der Waals surface area contributed by atoms with Gasteiger partial charge in [-0.1, -0.05) is 6.07 Å². The van der Waals surface area contributed by atoms with Crippen molar-refractivity contribution in [1.82, 2.24) is 4.98 Å². The van der Waals surface area contributed by atoms with Crippen LogP contribution in [0.15, 0.2) is 24.4 Å². The van der Waals surface area contributed by atoms with Crippen molar-refractivity contribution in [2.75, 3.05) is 0 Å². The lowest BCUT2D eigenvalue weighted by Gasteiger charge is -2.32. The molecular weight excluding hydrogens is 251 g/mol. The Labute approximate surface area is 118 Å². The predicted molar refractivity (Wildman–Crippen MR) is 78.7 cm³/mol. The molecule has 1 N–H and O–H groups in total. The van der Waals surface area contributed by atoms with Crippen LogP contribution >= 0.6 is 0 Å². The molecule has 2 heterocycles. The second kappa shape index (κ2) is 4.11. The summed E-state index contributed by atoms with van der Waals surface area (Å²) in [6.07, 6.45) is 1.83. The van der Waals surface area contributed by atoms with Gasteiger partial charge in [0.05, 0.1) is 22.3 Å². The number of nitrogens with zero attached hydrogens (tertiary/aromatic N) is 1. The zero-order valence-electron chi connectivity index (χ0n) is 12.2. The summed E-state index contributed by atoms with van der Waals surface area (Å²) in [6.45, 7) is 8.13. The van der Waals surface area contributed by atoms with Crippen LogP contribution in [0.25, 0.3) is 10.9 Å². The van der Waals surface area contributed by atoms with Crippen molar-refractivity contribution in [3.63, 3.8) is 0 Å². The maximum absolute atomic E-state index is 9.14. The molecule has 0 saturated carbocycles. The molecule has 0 radical (unpaired) electrons. The highest BCUT2D eigenvalue weighted by Gasteiger charge is 2.52. The minimum Gasteiger partial charge on any atom is -0.399 e. The highest BCUT2D eigenvalue weighted by Crippen LogP contribution is 2.37. The fraction of sp³-hybridized carbons (Fsp3) is 0.400. The Hall–Kier alpha value is -1.77. The van der Waals surface area contributed by atoms with Crippen molar-refractivity contribution in [3.8, 4) is 6.07 Å². The van der Waals surface area contributed by atoms with Crippen LogP contribution in [0.3, 0.4) is 0 Å². The van der Waals surface area contributed by atoms with Gasteiger partial charge in [-0.25, -0.2) is 0 Å². The van der Waals surface area contributed by atoms with E-state index in [2.05, 4.69) is 11.1 Å². The van der Waals surface area contributed by atoms with Gasteiger partial charge in [0.1, 0.15) is 6.07 Å². The maximum Gasteiger partial charge on any atom is 0.495 e. The number of aromatic nitrogens is 1. The summed E-state index contributed by atoms with van der Waals surface area (Å²) in [5.74, 6) is 0. The fourth-order valence-electron chi connectivity index (χ4n) is 2.45. The third-order valence-electron chi connectivity index (χ3n) is 4.38. The van der Waals surface area contributed by atoms with Gasteiger partial charge in [0.25, 0.3) is 0 Å². The summed E-state index contributed by atoms with van der Waals surface area (Å²) < 4.78 is 12.2. The van der Waals surface area contributed by atoms with Crippen molar-refractivity contribution in [2.45, 2.75) is 38.9 Å². The first kappa shape index (κ1) is 13.2. The molecule has 1 aliphatic heterocycles. The van der Waals surface area contributed by atoms with Gasteiger partial charge in [0.15, 0.2) is 0 Å². The smallest absolute Gasteiger partial charge is 0.399 e. The van der Waals surface area contributed by atoms with E-state index >= 15 is 0 Å². The van der Waals surface area contributed by atoms with E-state index in [9.17, 15) is 0 Å². The van der Waals surface area contributed by atoms with Crippen LogP contribution in [-0.2, 0) is 9.31 Å². The lowest BCUT2D eigenvalue weighted by atomic mass is 9.76. The number of nitrogens with one attached hydrogen (secondary N) is 1. The molecule has 0 bridgehead atoms. The van der Waals surface area contributed by atoms with Gasteiger partial charge in [-0.2, -0.15) is 5.26 Å². The van der Waals surface area contributed by atoms with Gasteiger partial charge in [-0.15, -0.1) is 0 Å². The molecule has 1 aromatic heterocycles. The molecule has 2 aromatic rings. The molecule has 4 nitrogen and oxygen atoms in total. The largest absolute Gasteiger partial charge is 0.495 e. The highest BCUT2D eigenvalue weighted by atomic mass is 16.7. The molecule has 1 saturated heterocycles. The number of nitriles is 1. The molecule has 20 heavy (non-hydrogen) atoms. The molecule has 0 unspecified atom stereocenters. The van der Waals surface area contributed by atoms with Crippen LogP contribution in [0, 0.1) is 11.3 Å². The zero-order chi connectivity index (χ0) is 14.5. The second-order valence-corrected chi connectivity index (χ2v) is 6.17. The van der Waals surface area contributed by atoms with Crippen molar-refractivity contribution in [1.29, 1.82) is 5.26 Å². The number of rotatable bonds is 1. The predicted octanol–water partition coefficient (Wildman–Crippen LogP) is 2.34. The Balaban J connectivity index is 2.10. The van der Waals surface area contributed by atoms with Crippen LogP contribution in [-0.4, -0.2) is 23.3 Å². The normalized spacial score (nSPS) is 20.2. The first-order valence-electron chi connectivity index (χ1n) is 6.71. The van der Waals surface area contributed by atoms with E-state index in [0.717, 1.165) is 16.4 Å². The number of hydrogen-bond donors (Lipinski definition) is 1. The van der Waals surface area contributed by atoms with Crippen molar-refractivity contribution in [3.05, 3.63) is 30.0 Å². The van der Waals surface area contributed by atoms with E-state index < -0.39 is 7.12 Å². The third kappa shape index (κ3) is 1.76. The van der Waals surface area contributed by atoms with Crippen LogP contribution in [0.2, 0.25) is 0 Å². The van der Waals surface area contributed by atoms with E-state index in [-0.39, 0.29) is 11.2 Å². The summed E-state index contributed by atoms with van der Waals surface area (Å²) >= 11 is 0. The quantitative estimate of drug-likeness (QED) is 0.807. The van der Waals surface area contributed by atoms with Gasteiger partial charge in [0.2, 0.25) is 0 Å². The average Bonchev–Trinajstić information content (AvgIpc) is 2.91. The van der Waals surface area contributed by atoms with E-state index in [0.29, 0.717) is 5.56 Å². The van der Waals surface area contributed by atoms with Crippen molar-refractivity contribution < 1.29 is 9.31 Å². The molecule has 1 aromatic carbocycles. The molecule has 3 rings (SSSR count). The summed E-state index contributed by atoms with van der Waals surface area (Å²) in [4.78, 5) is 3.11. The van der Waals surface area contributed by atoms with E-state index in [1.807, 2.05) is 46.0 Å². The van der Waals surface area contributed by atoms with Gasteiger partial charge >= 0.3 is 7.12 Å². The van der Waals surface area contributed by atoms with Crippen LogP contribution in [0.5, 0.6) is 0 Å². The summed E-state index contributed by atoms with van der Waals surface area (Å²) in [5.41, 5.74) is 1.69. The first-order valence-corrected chi connectivity index (χ1v) is 6.71. The minimum atomic E-state index is -0.411. The van der Waals surface area contributed by atoms with E-state index in [4.69, 9.17) is 14.6 Å². The number of fused-ring (bicyclic) bond motifs is 1. The zero-order valence-corrected chi connectivity index (χ0v) is 12.2. The molecule has 0 atom stereocenters. The molecule has 0 spiro atoms. The van der Waals surface area contributed by atoms with Crippen LogP contribution in [0.1, 0.15) is 33.3 Å². The monoisotopic (exact) mass is 268 g/mol. The molecule has 1 fully saturated rings. The maximum atomic E-state index is 9.14.